The highest BCUT2D eigenvalue weighted by atomic mass is 16.5. The fourth-order valence-electron chi connectivity index (χ4n) is 5.45. The number of benzene rings is 2. The van der Waals surface area contributed by atoms with Crippen molar-refractivity contribution in [2.24, 2.45) is 5.41 Å². The number of amides is 1. The first-order chi connectivity index (χ1) is 19.4. The lowest BCUT2D eigenvalue weighted by Gasteiger charge is -2.29. The summed E-state index contributed by atoms with van der Waals surface area (Å²) in [5.41, 5.74) is 3.31. The predicted molar refractivity (Wildman–Crippen MR) is 159 cm³/mol. The molecule has 3 heterocycles. The number of pyridine rings is 1. The number of para-hydroxylation sites is 2. The van der Waals surface area contributed by atoms with Gasteiger partial charge in [0.15, 0.2) is 11.5 Å². The quantitative estimate of drug-likeness (QED) is 0.415. The van der Waals surface area contributed by atoms with Crippen molar-refractivity contribution in [1.82, 2.24) is 15.2 Å². The molecule has 5 rings (SSSR count). The van der Waals surface area contributed by atoms with Crippen LogP contribution in [-0.2, 0) is 17.9 Å². The second kappa shape index (κ2) is 13.2. The summed E-state index contributed by atoms with van der Waals surface area (Å²) in [6, 6.07) is 20.3. The zero-order valence-corrected chi connectivity index (χ0v) is 23.9. The van der Waals surface area contributed by atoms with Crippen LogP contribution in [0, 0.1) is 5.41 Å². The van der Waals surface area contributed by atoms with Gasteiger partial charge in [-0.1, -0.05) is 44.2 Å². The van der Waals surface area contributed by atoms with Crippen LogP contribution in [0.15, 0.2) is 66.9 Å². The molecule has 0 unspecified atom stereocenters. The van der Waals surface area contributed by atoms with Crippen LogP contribution in [0.3, 0.4) is 0 Å². The molecule has 7 nitrogen and oxygen atoms in total. The van der Waals surface area contributed by atoms with E-state index < -0.39 is 0 Å². The fourth-order valence-corrected chi connectivity index (χ4v) is 5.45. The molecule has 0 atom stereocenters. The normalized spacial score (nSPS) is 18.0. The average molecular weight is 543 g/mol. The number of hydrogen-bond donors (Lipinski definition) is 1. The molecule has 1 amide bonds. The Morgan fingerprint density at radius 1 is 0.950 bits per heavy atom. The van der Waals surface area contributed by atoms with Gasteiger partial charge in [-0.25, -0.2) is 4.98 Å². The van der Waals surface area contributed by atoms with Crippen LogP contribution in [0.25, 0.3) is 0 Å². The Morgan fingerprint density at radius 2 is 1.77 bits per heavy atom. The molecule has 0 spiro atoms. The largest absolute Gasteiger partial charge is 0.489 e. The molecule has 2 aromatic carbocycles. The molecule has 0 aliphatic carbocycles. The molecule has 2 aliphatic heterocycles. The van der Waals surface area contributed by atoms with Crippen molar-refractivity contribution in [2.45, 2.75) is 59.0 Å². The first kappa shape index (κ1) is 28.0. The third-order valence-electron chi connectivity index (χ3n) is 7.73. The van der Waals surface area contributed by atoms with E-state index in [1.807, 2.05) is 36.4 Å². The summed E-state index contributed by atoms with van der Waals surface area (Å²) < 4.78 is 12.5. The summed E-state index contributed by atoms with van der Waals surface area (Å²) in [6.45, 7) is 9.46. The Morgan fingerprint density at radius 3 is 2.62 bits per heavy atom. The van der Waals surface area contributed by atoms with Crippen LogP contribution in [0.4, 0.5) is 5.69 Å². The van der Waals surface area contributed by atoms with E-state index in [4.69, 9.17) is 9.47 Å². The number of ether oxygens (including phenoxy) is 2. The fraction of sp³-hybridized carbons (Fsp3) is 0.455. The number of carbonyl (C=O) groups is 1. The second-order valence-corrected chi connectivity index (χ2v) is 11.8. The van der Waals surface area contributed by atoms with E-state index in [1.54, 1.807) is 6.20 Å². The van der Waals surface area contributed by atoms with Crippen molar-refractivity contribution in [1.29, 1.82) is 0 Å². The summed E-state index contributed by atoms with van der Waals surface area (Å²) in [5, 5.41) is 3.16. The van der Waals surface area contributed by atoms with E-state index in [9.17, 15) is 4.79 Å². The van der Waals surface area contributed by atoms with E-state index in [0.29, 0.717) is 43.6 Å². The van der Waals surface area contributed by atoms with E-state index in [0.717, 1.165) is 43.6 Å². The van der Waals surface area contributed by atoms with E-state index in [-0.39, 0.29) is 11.3 Å². The van der Waals surface area contributed by atoms with Gasteiger partial charge in [-0.3, -0.25) is 9.69 Å². The average Bonchev–Trinajstić information content (AvgIpc) is 2.97. The molecule has 3 aromatic rings. The summed E-state index contributed by atoms with van der Waals surface area (Å²) >= 11 is 0. The monoisotopic (exact) mass is 542 g/mol. The highest BCUT2D eigenvalue weighted by Crippen LogP contribution is 2.34. The molecule has 212 valence electrons. The van der Waals surface area contributed by atoms with E-state index >= 15 is 0 Å². The standard InChI is InChI=1S/C33H42N4O3/c1-33(2)16-10-18-36(23-27-12-9-17-34-32(27)40-30-15-5-4-14-29(30)39-25-33)24-31(38)35-22-26-11-8-13-28(21-26)37-19-6-3-7-20-37/h4-5,8-9,11-15,17,21H,3,6-7,10,16,18-20,22-25H2,1-2H3,(H,35,38). The third kappa shape index (κ3) is 7.75. The molecule has 40 heavy (non-hydrogen) atoms. The van der Waals surface area contributed by atoms with Gasteiger partial charge in [-0.2, -0.15) is 0 Å². The van der Waals surface area contributed by atoms with Crippen molar-refractivity contribution in [3.8, 4) is 17.4 Å². The maximum atomic E-state index is 13.2. The minimum absolute atomic E-state index is 0.0143. The van der Waals surface area contributed by atoms with Crippen LogP contribution >= 0.6 is 0 Å². The van der Waals surface area contributed by atoms with Gasteiger partial charge in [0, 0.05) is 43.6 Å². The molecule has 7 heteroatoms. The van der Waals surface area contributed by atoms with E-state index in [1.165, 1.54) is 24.9 Å². The molecule has 0 radical (unpaired) electrons. The summed E-state index contributed by atoms with van der Waals surface area (Å²) in [5.74, 6) is 1.92. The number of hydrogen-bond acceptors (Lipinski definition) is 6. The first-order valence-corrected chi connectivity index (χ1v) is 14.6. The molecular weight excluding hydrogens is 500 g/mol. The number of carbonyl (C=O) groups excluding carboxylic acids is 1. The Hall–Kier alpha value is -3.58. The predicted octanol–water partition coefficient (Wildman–Crippen LogP) is 6.18. The van der Waals surface area contributed by atoms with Gasteiger partial charge in [-0.05, 0) is 80.0 Å². The number of nitrogens with zero attached hydrogens (tertiary/aromatic N) is 3. The Kier molecular flexibility index (Phi) is 9.22. The Labute approximate surface area is 238 Å². The smallest absolute Gasteiger partial charge is 0.234 e. The van der Waals surface area contributed by atoms with Crippen molar-refractivity contribution in [3.05, 3.63) is 78.0 Å². The van der Waals surface area contributed by atoms with Crippen LogP contribution in [0.1, 0.15) is 57.1 Å². The van der Waals surface area contributed by atoms with Gasteiger partial charge in [0.25, 0.3) is 0 Å². The summed E-state index contributed by atoms with van der Waals surface area (Å²) in [4.78, 5) is 22.3. The SMILES string of the molecule is CC1(C)CCCN(CC(=O)NCc2cccc(N3CCCCC3)c2)Cc2cccnc2Oc2ccccc2OC1. The highest BCUT2D eigenvalue weighted by Gasteiger charge is 2.23. The second-order valence-electron chi connectivity index (χ2n) is 11.8. The van der Waals surface area contributed by atoms with Crippen molar-refractivity contribution < 1.29 is 14.3 Å². The first-order valence-electron chi connectivity index (χ1n) is 14.6. The van der Waals surface area contributed by atoms with Crippen molar-refractivity contribution in [2.75, 3.05) is 37.7 Å². The van der Waals surface area contributed by atoms with Crippen LogP contribution in [-0.4, -0.2) is 48.6 Å². The molecule has 1 N–H and O–H groups in total. The maximum Gasteiger partial charge on any atom is 0.234 e. The number of rotatable bonds is 5. The Bertz CT molecular complexity index is 1270. The summed E-state index contributed by atoms with van der Waals surface area (Å²) in [6.07, 6.45) is 7.48. The summed E-state index contributed by atoms with van der Waals surface area (Å²) in [7, 11) is 0. The molecular formula is C33H42N4O3. The minimum atomic E-state index is -0.0143. The Balaban J connectivity index is 1.27. The maximum absolute atomic E-state index is 13.2. The molecule has 0 saturated carbocycles. The lowest BCUT2D eigenvalue weighted by Crippen LogP contribution is -2.37. The number of nitrogens with one attached hydrogen (secondary N) is 1. The highest BCUT2D eigenvalue weighted by molar-refractivity contribution is 5.78. The molecule has 2 aliphatic rings. The van der Waals surface area contributed by atoms with Gasteiger partial charge in [0.1, 0.15) is 0 Å². The number of aromatic nitrogens is 1. The van der Waals surface area contributed by atoms with Gasteiger partial charge >= 0.3 is 0 Å². The van der Waals surface area contributed by atoms with Gasteiger partial charge in [0.2, 0.25) is 11.8 Å². The number of piperidine rings is 1. The molecule has 0 bridgehead atoms. The molecule has 1 saturated heterocycles. The topological polar surface area (TPSA) is 66.9 Å². The lowest BCUT2D eigenvalue weighted by atomic mass is 9.88. The van der Waals surface area contributed by atoms with E-state index in [2.05, 4.69) is 58.2 Å². The lowest BCUT2D eigenvalue weighted by molar-refractivity contribution is -0.122. The van der Waals surface area contributed by atoms with Crippen LogP contribution in [0.5, 0.6) is 17.4 Å². The van der Waals surface area contributed by atoms with Crippen molar-refractivity contribution >= 4 is 11.6 Å². The number of anilines is 1. The van der Waals surface area contributed by atoms with Gasteiger partial charge < -0.3 is 19.7 Å². The molecule has 1 fully saturated rings. The zero-order valence-electron chi connectivity index (χ0n) is 23.9. The van der Waals surface area contributed by atoms with Gasteiger partial charge in [0.05, 0.1) is 13.2 Å². The minimum Gasteiger partial charge on any atom is -0.489 e. The molecule has 1 aromatic heterocycles. The zero-order chi connectivity index (χ0) is 27.8. The van der Waals surface area contributed by atoms with Crippen LogP contribution in [0.2, 0.25) is 0 Å². The number of fused-ring (bicyclic) bond motifs is 2. The van der Waals surface area contributed by atoms with Gasteiger partial charge in [-0.15, -0.1) is 0 Å². The third-order valence-corrected chi connectivity index (χ3v) is 7.73. The van der Waals surface area contributed by atoms with Crippen molar-refractivity contribution in [3.63, 3.8) is 0 Å². The van der Waals surface area contributed by atoms with Crippen LogP contribution < -0.4 is 19.7 Å².